The zero-order chi connectivity index (χ0) is 41.0. The van der Waals surface area contributed by atoms with Crippen LogP contribution in [-0.2, 0) is 0 Å². The van der Waals surface area contributed by atoms with Crippen molar-refractivity contribution in [2.24, 2.45) is 0 Å². The van der Waals surface area contributed by atoms with E-state index >= 15 is 0 Å². The third kappa shape index (κ3) is 6.20. The molecule has 0 spiro atoms. The van der Waals surface area contributed by atoms with Crippen molar-refractivity contribution in [3.63, 3.8) is 0 Å². The molecule has 0 saturated heterocycles. The predicted molar refractivity (Wildman–Crippen MR) is 260 cm³/mol. The topological polar surface area (TPSA) is 25.8 Å². The number of hydrogen-bond donors (Lipinski definition) is 0. The Labute approximate surface area is 361 Å². The molecule has 1 heterocycles. The fourth-order valence-electron chi connectivity index (χ4n) is 9.35. The Bertz CT molecular complexity index is 3430. The monoisotopic (exact) mass is 786 g/mol. The van der Waals surface area contributed by atoms with Crippen LogP contribution in [0.3, 0.4) is 0 Å². The third-order valence-electron chi connectivity index (χ3n) is 12.5. The van der Waals surface area contributed by atoms with Crippen LogP contribution in [0.2, 0.25) is 0 Å². The minimum Gasteiger partial charge on any atom is -0.228 e. The van der Waals surface area contributed by atoms with E-state index < -0.39 is 0 Å². The van der Waals surface area contributed by atoms with Crippen LogP contribution in [-0.4, -0.2) is 9.97 Å². The van der Waals surface area contributed by atoms with Crippen LogP contribution < -0.4 is 0 Å². The summed E-state index contributed by atoms with van der Waals surface area (Å²) >= 11 is 0. The van der Waals surface area contributed by atoms with Crippen LogP contribution in [0.1, 0.15) is 0 Å². The van der Waals surface area contributed by atoms with Gasteiger partial charge < -0.3 is 0 Å². The summed E-state index contributed by atoms with van der Waals surface area (Å²) in [4.78, 5) is 10.3. The molecule has 0 aliphatic heterocycles. The van der Waals surface area contributed by atoms with E-state index in [9.17, 15) is 0 Å². The lowest BCUT2D eigenvalue weighted by atomic mass is 9.89. The highest BCUT2D eigenvalue weighted by atomic mass is 14.9. The summed E-state index contributed by atoms with van der Waals surface area (Å²) < 4.78 is 0. The molecule has 10 aromatic carbocycles. The zero-order valence-corrected chi connectivity index (χ0v) is 33.8. The standard InChI is InChI=1S/C60H38N2/c1-3-12-39(13-4-1)40-22-30-45(31-23-40)58-38-57(44-14-5-2-6-15-44)61-60(62-58)46-32-28-43(29-33-46)56-37-48-17-8-7-16-47(48)36-55(56)42-26-24-41(25-27-42)49-34-35-54-51-19-10-9-18-50(51)53-21-11-20-52(49)59(53)54/h1-38H. The Morgan fingerprint density at radius 2 is 0.629 bits per heavy atom. The molecule has 1 aliphatic carbocycles. The summed E-state index contributed by atoms with van der Waals surface area (Å²) in [5.41, 5.74) is 19.7. The average molecular weight is 787 g/mol. The normalized spacial score (nSPS) is 11.5. The van der Waals surface area contributed by atoms with Gasteiger partial charge in [-0.05, 0) is 107 Å². The fraction of sp³-hybridized carbons (Fsp3) is 0. The molecular weight excluding hydrogens is 749 g/mol. The first-order valence-corrected chi connectivity index (χ1v) is 21.2. The van der Waals surface area contributed by atoms with E-state index in [0.717, 1.165) is 33.6 Å². The maximum absolute atomic E-state index is 5.17. The molecule has 0 amide bonds. The summed E-state index contributed by atoms with van der Waals surface area (Å²) in [5, 5.41) is 5.07. The maximum Gasteiger partial charge on any atom is 0.160 e. The molecule has 1 aliphatic rings. The van der Waals surface area contributed by atoms with Gasteiger partial charge in [-0.2, -0.15) is 0 Å². The molecular formula is C60H38N2. The van der Waals surface area contributed by atoms with Crippen LogP contribution in [0.5, 0.6) is 0 Å². The van der Waals surface area contributed by atoms with Gasteiger partial charge in [0, 0.05) is 16.7 Å². The second kappa shape index (κ2) is 14.8. The molecule has 1 aromatic heterocycles. The highest BCUT2D eigenvalue weighted by molar-refractivity contribution is 6.18. The largest absolute Gasteiger partial charge is 0.228 e. The van der Waals surface area contributed by atoms with Gasteiger partial charge in [0.2, 0.25) is 0 Å². The van der Waals surface area contributed by atoms with Crippen molar-refractivity contribution >= 4 is 21.5 Å². The Morgan fingerprint density at radius 1 is 0.226 bits per heavy atom. The maximum atomic E-state index is 5.17. The number of benzene rings is 10. The molecule has 0 radical (unpaired) electrons. The van der Waals surface area contributed by atoms with Gasteiger partial charge >= 0.3 is 0 Å². The number of hydrogen-bond acceptors (Lipinski definition) is 2. The highest BCUT2D eigenvalue weighted by Crippen LogP contribution is 2.49. The first-order chi connectivity index (χ1) is 30.7. The van der Waals surface area contributed by atoms with E-state index in [2.05, 4.69) is 218 Å². The third-order valence-corrected chi connectivity index (χ3v) is 12.5. The van der Waals surface area contributed by atoms with Gasteiger partial charge in [0.25, 0.3) is 0 Å². The summed E-state index contributed by atoms with van der Waals surface area (Å²) in [6.07, 6.45) is 0. The summed E-state index contributed by atoms with van der Waals surface area (Å²) in [7, 11) is 0. The van der Waals surface area contributed by atoms with Crippen LogP contribution in [0.15, 0.2) is 231 Å². The first-order valence-electron chi connectivity index (χ1n) is 21.2. The zero-order valence-electron chi connectivity index (χ0n) is 33.8. The van der Waals surface area contributed by atoms with E-state index in [-0.39, 0.29) is 0 Å². The molecule has 0 N–H and O–H groups in total. The molecule has 0 unspecified atom stereocenters. The second-order valence-electron chi connectivity index (χ2n) is 16.1. The molecule has 288 valence electrons. The molecule has 0 saturated carbocycles. The van der Waals surface area contributed by atoms with Gasteiger partial charge in [0.1, 0.15) is 0 Å². The van der Waals surface area contributed by atoms with Crippen molar-refractivity contribution in [2.75, 3.05) is 0 Å². The molecule has 2 nitrogen and oxygen atoms in total. The lowest BCUT2D eigenvalue weighted by Crippen LogP contribution is -1.96. The molecule has 12 rings (SSSR count). The smallest absolute Gasteiger partial charge is 0.160 e. The van der Waals surface area contributed by atoms with Crippen molar-refractivity contribution in [2.45, 2.75) is 0 Å². The highest BCUT2D eigenvalue weighted by Gasteiger charge is 2.22. The summed E-state index contributed by atoms with van der Waals surface area (Å²) in [6.45, 7) is 0. The molecule has 0 fully saturated rings. The van der Waals surface area contributed by atoms with Crippen molar-refractivity contribution in [3.05, 3.63) is 231 Å². The van der Waals surface area contributed by atoms with Crippen LogP contribution in [0.4, 0.5) is 0 Å². The quantitative estimate of drug-likeness (QED) is 0.161. The number of rotatable bonds is 7. The van der Waals surface area contributed by atoms with E-state index in [1.807, 2.05) is 12.1 Å². The van der Waals surface area contributed by atoms with E-state index in [1.54, 1.807) is 0 Å². The molecule has 2 heteroatoms. The van der Waals surface area contributed by atoms with E-state index in [0.29, 0.717) is 5.82 Å². The van der Waals surface area contributed by atoms with Gasteiger partial charge in [0.15, 0.2) is 5.82 Å². The van der Waals surface area contributed by atoms with Gasteiger partial charge in [-0.25, -0.2) is 9.97 Å². The lowest BCUT2D eigenvalue weighted by molar-refractivity contribution is 1.18. The van der Waals surface area contributed by atoms with Crippen molar-refractivity contribution in [1.29, 1.82) is 0 Å². The Balaban J connectivity index is 0.914. The van der Waals surface area contributed by atoms with Crippen molar-refractivity contribution in [3.8, 4) is 101 Å². The van der Waals surface area contributed by atoms with Crippen molar-refractivity contribution < 1.29 is 0 Å². The van der Waals surface area contributed by atoms with E-state index in [1.165, 1.54) is 82.7 Å². The van der Waals surface area contributed by atoms with E-state index in [4.69, 9.17) is 9.97 Å². The van der Waals surface area contributed by atoms with Gasteiger partial charge in [-0.1, -0.05) is 212 Å². The summed E-state index contributed by atoms with van der Waals surface area (Å²) in [5.74, 6) is 0.696. The fourth-order valence-corrected chi connectivity index (χ4v) is 9.35. The minimum atomic E-state index is 0.696. The second-order valence-corrected chi connectivity index (χ2v) is 16.1. The Kier molecular flexibility index (Phi) is 8.53. The van der Waals surface area contributed by atoms with Gasteiger partial charge in [-0.3, -0.25) is 0 Å². The molecule has 0 atom stereocenters. The lowest BCUT2D eigenvalue weighted by Gasteiger charge is -2.15. The SMILES string of the molecule is c1ccc(-c2ccc(-c3cc(-c4ccccc4)nc(-c4ccc(-c5cc6ccccc6cc5-c5ccc(-c6ccc7c8c(cccc68)-c6ccccc6-7)cc5)cc4)n3)cc2)cc1. The summed E-state index contributed by atoms with van der Waals surface area (Å²) in [6, 6.07) is 82.9. The average Bonchev–Trinajstić information content (AvgIpc) is 3.69. The Hall–Kier alpha value is -8.20. The minimum absolute atomic E-state index is 0.696. The van der Waals surface area contributed by atoms with Gasteiger partial charge in [-0.15, -0.1) is 0 Å². The number of nitrogens with zero attached hydrogens (tertiary/aromatic N) is 2. The Morgan fingerprint density at radius 3 is 1.23 bits per heavy atom. The number of fused-ring (bicyclic) bond motifs is 4. The van der Waals surface area contributed by atoms with Crippen LogP contribution >= 0.6 is 0 Å². The van der Waals surface area contributed by atoms with Crippen molar-refractivity contribution in [1.82, 2.24) is 9.97 Å². The number of aromatic nitrogens is 2. The van der Waals surface area contributed by atoms with Gasteiger partial charge in [0.05, 0.1) is 11.4 Å². The van der Waals surface area contributed by atoms with Crippen LogP contribution in [0, 0.1) is 0 Å². The molecule has 62 heavy (non-hydrogen) atoms. The van der Waals surface area contributed by atoms with Crippen LogP contribution in [0.25, 0.3) is 122 Å². The molecule has 0 bridgehead atoms. The predicted octanol–water partition coefficient (Wildman–Crippen LogP) is 16.1. The first kappa shape index (κ1) is 35.7. The molecule has 11 aromatic rings.